The number of anilines is 1. The van der Waals surface area contributed by atoms with Crippen LogP contribution in [0.25, 0.3) is 0 Å². The maximum Gasteiger partial charge on any atom is 0.224 e. The van der Waals surface area contributed by atoms with Crippen molar-refractivity contribution in [2.75, 3.05) is 25.0 Å². The highest BCUT2D eigenvalue weighted by atomic mass is 16.5. The van der Waals surface area contributed by atoms with E-state index >= 15 is 0 Å². The zero-order chi connectivity index (χ0) is 16.8. The van der Waals surface area contributed by atoms with E-state index in [0.717, 1.165) is 5.56 Å². The number of carbonyl (C=O) groups excluding carboxylic acids is 1. The summed E-state index contributed by atoms with van der Waals surface area (Å²) < 4.78 is 6.00. The number of hydrogen-bond donors (Lipinski definition) is 1. The summed E-state index contributed by atoms with van der Waals surface area (Å²) in [6.07, 6.45) is 3.71. The Labute approximate surface area is 141 Å². The van der Waals surface area contributed by atoms with Gasteiger partial charge in [0.05, 0.1) is 12.6 Å². The van der Waals surface area contributed by atoms with Gasteiger partial charge in [0.1, 0.15) is 6.10 Å². The third-order valence-corrected chi connectivity index (χ3v) is 3.97. The molecule has 1 aromatic carbocycles. The normalized spacial score (nSPS) is 20.6. The Bertz CT molecular complexity index is 651. The van der Waals surface area contributed by atoms with Crippen LogP contribution in [-0.4, -0.2) is 46.5 Å². The van der Waals surface area contributed by atoms with Gasteiger partial charge in [-0.05, 0) is 18.6 Å². The molecule has 2 unspecified atom stereocenters. The maximum absolute atomic E-state index is 12.5. The molecule has 3 rings (SSSR count). The fourth-order valence-corrected chi connectivity index (χ4v) is 2.84. The third kappa shape index (κ3) is 4.29. The van der Waals surface area contributed by atoms with Crippen LogP contribution in [0.5, 0.6) is 0 Å². The van der Waals surface area contributed by atoms with Crippen LogP contribution in [0.2, 0.25) is 0 Å². The summed E-state index contributed by atoms with van der Waals surface area (Å²) in [5.74, 6) is 0.664. The minimum absolute atomic E-state index is 0.0262. The number of carbonyl (C=O) groups is 1. The van der Waals surface area contributed by atoms with Crippen LogP contribution in [0.1, 0.15) is 25.0 Å². The molecule has 1 saturated heterocycles. The third-order valence-electron chi connectivity index (χ3n) is 3.97. The van der Waals surface area contributed by atoms with E-state index in [-0.39, 0.29) is 18.1 Å². The van der Waals surface area contributed by atoms with Gasteiger partial charge in [-0.25, -0.2) is 9.97 Å². The lowest BCUT2D eigenvalue weighted by molar-refractivity contribution is -0.144. The minimum atomic E-state index is -0.0654. The first-order valence-corrected chi connectivity index (χ1v) is 8.21. The van der Waals surface area contributed by atoms with E-state index in [1.165, 1.54) is 0 Å². The molecule has 0 radical (unpaired) electrons. The monoisotopic (exact) mass is 326 g/mol. The molecule has 24 heavy (non-hydrogen) atoms. The number of nitrogens with zero attached hydrogens (tertiary/aromatic N) is 3. The molecule has 0 aliphatic carbocycles. The molecule has 1 N–H and O–H groups in total. The number of ether oxygens (including phenoxy) is 1. The molecule has 2 atom stereocenters. The van der Waals surface area contributed by atoms with Crippen LogP contribution in [0.4, 0.5) is 5.95 Å². The van der Waals surface area contributed by atoms with Gasteiger partial charge < -0.3 is 15.0 Å². The Balaban J connectivity index is 1.54. The van der Waals surface area contributed by atoms with Gasteiger partial charge in [0, 0.05) is 31.9 Å². The van der Waals surface area contributed by atoms with Gasteiger partial charge in [0.2, 0.25) is 11.9 Å². The predicted molar refractivity (Wildman–Crippen MR) is 91.4 cm³/mol. The van der Waals surface area contributed by atoms with Gasteiger partial charge >= 0.3 is 0 Å². The summed E-state index contributed by atoms with van der Waals surface area (Å²) >= 11 is 0. The SMILES string of the molecule is CC1CN(C(=O)CCNc2ncccn2)CC(c2ccccc2)O1. The molecule has 1 fully saturated rings. The summed E-state index contributed by atoms with van der Waals surface area (Å²) in [6, 6.07) is 11.8. The van der Waals surface area contributed by atoms with Gasteiger partial charge in [0.25, 0.3) is 0 Å². The summed E-state index contributed by atoms with van der Waals surface area (Å²) in [6.45, 7) is 3.75. The van der Waals surface area contributed by atoms with Crippen LogP contribution >= 0.6 is 0 Å². The Morgan fingerprint density at radius 1 is 1.21 bits per heavy atom. The van der Waals surface area contributed by atoms with Gasteiger partial charge in [-0.3, -0.25) is 4.79 Å². The fraction of sp³-hybridized carbons (Fsp3) is 0.389. The molecule has 6 nitrogen and oxygen atoms in total. The molecule has 1 amide bonds. The number of aromatic nitrogens is 2. The topological polar surface area (TPSA) is 67.4 Å². The van der Waals surface area contributed by atoms with Crippen molar-refractivity contribution in [3.05, 3.63) is 54.4 Å². The molecular weight excluding hydrogens is 304 g/mol. The predicted octanol–water partition coefficient (Wildman–Crippen LogP) is 2.27. The van der Waals surface area contributed by atoms with Crippen molar-refractivity contribution in [3.8, 4) is 0 Å². The van der Waals surface area contributed by atoms with Gasteiger partial charge in [0.15, 0.2) is 0 Å². The highest BCUT2D eigenvalue weighted by molar-refractivity contribution is 5.76. The number of amides is 1. The van der Waals surface area contributed by atoms with Gasteiger partial charge in [-0.2, -0.15) is 0 Å². The molecule has 1 aliphatic rings. The first-order chi connectivity index (χ1) is 11.7. The van der Waals surface area contributed by atoms with Crippen LogP contribution in [-0.2, 0) is 9.53 Å². The Hall–Kier alpha value is -2.47. The van der Waals surface area contributed by atoms with E-state index in [4.69, 9.17) is 4.74 Å². The summed E-state index contributed by atoms with van der Waals surface area (Å²) in [5.41, 5.74) is 1.11. The minimum Gasteiger partial charge on any atom is -0.367 e. The summed E-state index contributed by atoms with van der Waals surface area (Å²) in [4.78, 5) is 22.6. The van der Waals surface area contributed by atoms with E-state index in [1.807, 2.05) is 42.2 Å². The van der Waals surface area contributed by atoms with Crippen LogP contribution in [0, 0.1) is 0 Å². The molecule has 2 heterocycles. The van der Waals surface area contributed by atoms with Crippen molar-refractivity contribution < 1.29 is 9.53 Å². The number of hydrogen-bond acceptors (Lipinski definition) is 5. The van der Waals surface area contributed by atoms with Crippen LogP contribution in [0.3, 0.4) is 0 Å². The number of morpholine rings is 1. The fourth-order valence-electron chi connectivity index (χ4n) is 2.84. The molecule has 6 heteroatoms. The van der Waals surface area contributed by atoms with Crippen molar-refractivity contribution in [2.24, 2.45) is 0 Å². The highest BCUT2D eigenvalue weighted by Gasteiger charge is 2.28. The molecule has 2 aromatic rings. The van der Waals surface area contributed by atoms with Crippen molar-refractivity contribution >= 4 is 11.9 Å². The largest absolute Gasteiger partial charge is 0.367 e. The second-order valence-electron chi connectivity index (χ2n) is 5.89. The van der Waals surface area contributed by atoms with Crippen LogP contribution < -0.4 is 5.32 Å². The highest BCUT2D eigenvalue weighted by Crippen LogP contribution is 2.25. The smallest absolute Gasteiger partial charge is 0.224 e. The van der Waals surface area contributed by atoms with E-state index in [9.17, 15) is 4.79 Å². The maximum atomic E-state index is 12.5. The van der Waals surface area contributed by atoms with E-state index in [0.29, 0.717) is 32.0 Å². The molecule has 1 aliphatic heterocycles. The zero-order valence-corrected chi connectivity index (χ0v) is 13.8. The van der Waals surface area contributed by atoms with Crippen molar-refractivity contribution in [2.45, 2.75) is 25.6 Å². The van der Waals surface area contributed by atoms with Crippen molar-refractivity contribution in [1.82, 2.24) is 14.9 Å². The second kappa shape index (κ2) is 7.88. The molecule has 0 bridgehead atoms. The Kier molecular flexibility index (Phi) is 5.38. The van der Waals surface area contributed by atoms with Gasteiger partial charge in [-0.1, -0.05) is 30.3 Å². The van der Waals surface area contributed by atoms with Crippen LogP contribution in [0.15, 0.2) is 48.8 Å². The van der Waals surface area contributed by atoms with Crippen molar-refractivity contribution in [3.63, 3.8) is 0 Å². The summed E-state index contributed by atoms with van der Waals surface area (Å²) in [5, 5.41) is 3.07. The quantitative estimate of drug-likeness (QED) is 0.913. The zero-order valence-electron chi connectivity index (χ0n) is 13.8. The second-order valence-corrected chi connectivity index (χ2v) is 5.89. The number of rotatable bonds is 5. The summed E-state index contributed by atoms with van der Waals surface area (Å²) in [7, 11) is 0. The number of benzene rings is 1. The number of nitrogens with one attached hydrogen (secondary N) is 1. The average Bonchev–Trinajstić information content (AvgIpc) is 2.63. The molecule has 126 valence electrons. The average molecular weight is 326 g/mol. The van der Waals surface area contributed by atoms with E-state index in [1.54, 1.807) is 18.5 Å². The van der Waals surface area contributed by atoms with E-state index < -0.39 is 0 Å². The Morgan fingerprint density at radius 2 is 1.96 bits per heavy atom. The van der Waals surface area contributed by atoms with E-state index in [2.05, 4.69) is 15.3 Å². The lowest BCUT2D eigenvalue weighted by Gasteiger charge is -2.37. The standard InChI is InChI=1S/C18H22N4O2/c1-14-12-22(13-16(24-14)15-6-3-2-4-7-15)17(23)8-11-21-18-19-9-5-10-20-18/h2-7,9-10,14,16H,8,11-13H2,1H3,(H,19,20,21). The lowest BCUT2D eigenvalue weighted by Crippen LogP contribution is -2.46. The van der Waals surface area contributed by atoms with Gasteiger partial charge in [-0.15, -0.1) is 0 Å². The lowest BCUT2D eigenvalue weighted by atomic mass is 10.1. The Morgan fingerprint density at radius 3 is 2.71 bits per heavy atom. The van der Waals surface area contributed by atoms with Crippen molar-refractivity contribution in [1.29, 1.82) is 0 Å². The molecule has 0 saturated carbocycles. The molecule has 1 aromatic heterocycles. The molecular formula is C18H22N4O2. The molecule has 0 spiro atoms. The first kappa shape index (κ1) is 16.4. The first-order valence-electron chi connectivity index (χ1n) is 8.21.